The van der Waals surface area contributed by atoms with Crippen LogP contribution in [0.1, 0.15) is 5.56 Å². The Kier molecular flexibility index (Phi) is 3.97. The second-order valence-corrected chi connectivity index (χ2v) is 4.16. The van der Waals surface area contributed by atoms with E-state index in [0.717, 1.165) is 0 Å². The van der Waals surface area contributed by atoms with Crippen molar-refractivity contribution in [2.75, 3.05) is 14.2 Å². The molecule has 0 radical (unpaired) electrons. The number of aromatic amines is 1. The highest BCUT2D eigenvalue weighted by Gasteiger charge is 2.15. The predicted molar refractivity (Wildman–Crippen MR) is 71.6 cm³/mol. The zero-order valence-corrected chi connectivity index (χ0v) is 11.3. The Bertz CT molecular complexity index is 781. The standard InChI is InChI=1S/C13H13FN2O5/c1-20-8-4-3-7(9(5-8)21-2)6-16-12(18)10(14)11(17)15-13(16)19/h3-5,18H,6H2,1-2H3,(H,15,17,19). The molecule has 0 bridgehead atoms. The summed E-state index contributed by atoms with van der Waals surface area (Å²) in [7, 11) is 2.91. The number of aromatic hydroxyl groups is 1. The van der Waals surface area contributed by atoms with Gasteiger partial charge in [0.1, 0.15) is 11.5 Å². The van der Waals surface area contributed by atoms with Crippen molar-refractivity contribution in [3.63, 3.8) is 0 Å². The lowest BCUT2D eigenvalue weighted by Gasteiger charge is -2.12. The highest BCUT2D eigenvalue weighted by molar-refractivity contribution is 5.41. The molecule has 0 saturated heterocycles. The topological polar surface area (TPSA) is 93.5 Å². The minimum atomic E-state index is -1.41. The molecule has 0 fully saturated rings. The number of nitrogens with zero attached hydrogens (tertiary/aromatic N) is 1. The van der Waals surface area contributed by atoms with Crippen LogP contribution in [0, 0.1) is 5.82 Å². The first-order valence-electron chi connectivity index (χ1n) is 5.90. The zero-order chi connectivity index (χ0) is 15.6. The number of benzene rings is 1. The van der Waals surface area contributed by atoms with Crippen LogP contribution in [0.5, 0.6) is 17.4 Å². The molecule has 8 heteroatoms. The Balaban J connectivity index is 2.51. The maximum absolute atomic E-state index is 13.4. The second kappa shape index (κ2) is 5.70. The molecule has 2 N–H and O–H groups in total. The molecule has 0 spiro atoms. The highest BCUT2D eigenvalue weighted by Crippen LogP contribution is 2.25. The number of ether oxygens (including phenoxy) is 2. The monoisotopic (exact) mass is 296 g/mol. The fourth-order valence-electron chi connectivity index (χ4n) is 1.84. The number of methoxy groups -OCH3 is 2. The molecule has 1 aromatic heterocycles. The number of nitrogens with one attached hydrogen (secondary N) is 1. The van der Waals surface area contributed by atoms with Crippen LogP contribution in [-0.2, 0) is 6.54 Å². The van der Waals surface area contributed by atoms with Crippen LogP contribution in [0.4, 0.5) is 4.39 Å². The summed E-state index contributed by atoms with van der Waals surface area (Å²) in [5.41, 5.74) is -1.69. The van der Waals surface area contributed by atoms with Gasteiger partial charge in [-0.3, -0.25) is 14.3 Å². The lowest BCUT2D eigenvalue weighted by Crippen LogP contribution is -2.32. The van der Waals surface area contributed by atoms with E-state index in [1.807, 2.05) is 0 Å². The van der Waals surface area contributed by atoms with E-state index in [1.165, 1.54) is 14.2 Å². The Labute approximate surface area is 118 Å². The number of rotatable bonds is 4. The van der Waals surface area contributed by atoms with Crippen molar-refractivity contribution in [2.24, 2.45) is 0 Å². The van der Waals surface area contributed by atoms with E-state index in [4.69, 9.17) is 9.47 Å². The first-order valence-corrected chi connectivity index (χ1v) is 5.90. The third-order valence-electron chi connectivity index (χ3n) is 2.94. The molecule has 0 aliphatic rings. The number of aromatic nitrogens is 2. The molecule has 0 aliphatic carbocycles. The summed E-state index contributed by atoms with van der Waals surface area (Å²) in [5, 5.41) is 9.59. The van der Waals surface area contributed by atoms with Gasteiger partial charge in [0.05, 0.1) is 20.8 Å². The Hall–Kier alpha value is -2.77. The highest BCUT2D eigenvalue weighted by atomic mass is 19.1. The Morgan fingerprint density at radius 1 is 1.29 bits per heavy atom. The number of halogens is 1. The number of H-pyrrole nitrogens is 1. The lowest BCUT2D eigenvalue weighted by atomic mass is 10.2. The molecule has 1 aromatic carbocycles. The van der Waals surface area contributed by atoms with E-state index in [-0.39, 0.29) is 6.54 Å². The van der Waals surface area contributed by atoms with Gasteiger partial charge in [-0.05, 0) is 12.1 Å². The summed E-state index contributed by atoms with van der Waals surface area (Å²) in [6.45, 7) is -0.175. The van der Waals surface area contributed by atoms with Crippen LogP contribution in [-0.4, -0.2) is 28.9 Å². The fraction of sp³-hybridized carbons (Fsp3) is 0.231. The Morgan fingerprint density at radius 2 is 2.00 bits per heavy atom. The summed E-state index contributed by atoms with van der Waals surface area (Å²) in [6.07, 6.45) is 0. The van der Waals surface area contributed by atoms with Gasteiger partial charge in [0.2, 0.25) is 11.7 Å². The smallest absolute Gasteiger partial charge is 0.331 e. The molecule has 112 valence electrons. The normalized spacial score (nSPS) is 10.4. The van der Waals surface area contributed by atoms with Crippen LogP contribution >= 0.6 is 0 Å². The van der Waals surface area contributed by atoms with Crippen molar-refractivity contribution in [3.05, 3.63) is 50.4 Å². The van der Waals surface area contributed by atoms with Crippen molar-refractivity contribution >= 4 is 0 Å². The van der Waals surface area contributed by atoms with Crippen molar-refractivity contribution in [3.8, 4) is 17.4 Å². The second-order valence-electron chi connectivity index (χ2n) is 4.16. The summed E-state index contributed by atoms with van der Waals surface area (Å²) in [5.74, 6) is -1.50. The number of hydrogen-bond acceptors (Lipinski definition) is 5. The van der Waals surface area contributed by atoms with Gasteiger partial charge in [-0.2, -0.15) is 4.39 Å². The number of hydrogen-bond donors (Lipinski definition) is 2. The molecule has 0 saturated carbocycles. The van der Waals surface area contributed by atoms with Crippen molar-refractivity contribution in [1.82, 2.24) is 9.55 Å². The molecular formula is C13H13FN2O5. The molecular weight excluding hydrogens is 283 g/mol. The molecule has 0 unspecified atom stereocenters. The predicted octanol–water partition coefficient (Wildman–Crippen LogP) is 0.447. The minimum Gasteiger partial charge on any atom is -0.497 e. The van der Waals surface area contributed by atoms with Crippen molar-refractivity contribution in [2.45, 2.75) is 6.54 Å². The first kappa shape index (κ1) is 14.6. The van der Waals surface area contributed by atoms with Crippen LogP contribution in [0.3, 0.4) is 0 Å². The van der Waals surface area contributed by atoms with Gasteiger partial charge >= 0.3 is 5.69 Å². The molecule has 0 atom stereocenters. The maximum atomic E-state index is 13.4. The quantitative estimate of drug-likeness (QED) is 0.854. The third kappa shape index (κ3) is 2.73. The molecule has 2 rings (SSSR count). The molecule has 7 nitrogen and oxygen atoms in total. The molecule has 0 aliphatic heterocycles. The Morgan fingerprint density at radius 3 is 2.62 bits per heavy atom. The van der Waals surface area contributed by atoms with Gasteiger partial charge in [0.25, 0.3) is 5.56 Å². The molecule has 1 heterocycles. The molecule has 0 amide bonds. The summed E-state index contributed by atoms with van der Waals surface area (Å²) in [4.78, 5) is 24.5. The molecule has 2 aromatic rings. The van der Waals surface area contributed by atoms with E-state index >= 15 is 0 Å². The average Bonchev–Trinajstić information content (AvgIpc) is 2.49. The fourth-order valence-corrected chi connectivity index (χ4v) is 1.84. The van der Waals surface area contributed by atoms with E-state index < -0.39 is 22.9 Å². The van der Waals surface area contributed by atoms with E-state index in [2.05, 4.69) is 0 Å². The van der Waals surface area contributed by atoms with Crippen molar-refractivity contribution in [1.29, 1.82) is 0 Å². The van der Waals surface area contributed by atoms with E-state index in [9.17, 15) is 19.1 Å². The van der Waals surface area contributed by atoms with Crippen LogP contribution in [0.15, 0.2) is 27.8 Å². The van der Waals surface area contributed by atoms with Crippen LogP contribution in [0.2, 0.25) is 0 Å². The SMILES string of the molecule is COc1ccc(Cn2c(O)c(F)c(=O)[nH]c2=O)c(OC)c1. The van der Waals surface area contributed by atoms with Gasteiger partial charge in [0.15, 0.2) is 0 Å². The maximum Gasteiger partial charge on any atom is 0.331 e. The zero-order valence-electron chi connectivity index (χ0n) is 11.3. The van der Waals surface area contributed by atoms with Gasteiger partial charge in [-0.25, -0.2) is 4.79 Å². The van der Waals surface area contributed by atoms with Gasteiger partial charge in [0, 0.05) is 11.6 Å². The average molecular weight is 296 g/mol. The van der Waals surface area contributed by atoms with Crippen molar-refractivity contribution < 1.29 is 19.0 Å². The van der Waals surface area contributed by atoms with E-state index in [1.54, 1.807) is 23.2 Å². The van der Waals surface area contributed by atoms with Crippen LogP contribution in [0.25, 0.3) is 0 Å². The lowest BCUT2D eigenvalue weighted by molar-refractivity contribution is 0.362. The summed E-state index contributed by atoms with van der Waals surface area (Å²) < 4.78 is 24.3. The third-order valence-corrected chi connectivity index (χ3v) is 2.94. The van der Waals surface area contributed by atoms with Gasteiger partial charge < -0.3 is 14.6 Å². The van der Waals surface area contributed by atoms with Gasteiger partial charge in [-0.15, -0.1) is 0 Å². The van der Waals surface area contributed by atoms with Crippen LogP contribution < -0.4 is 20.7 Å². The first-order chi connectivity index (χ1) is 9.97. The minimum absolute atomic E-state index is 0.175. The van der Waals surface area contributed by atoms with E-state index in [0.29, 0.717) is 21.6 Å². The summed E-state index contributed by atoms with van der Waals surface area (Å²) in [6, 6.07) is 4.81. The largest absolute Gasteiger partial charge is 0.497 e. The molecule has 21 heavy (non-hydrogen) atoms. The van der Waals surface area contributed by atoms with Gasteiger partial charge in [-0.1, -0.05) is 0 Å². The summed E-state index contributed by atoms with van der Waals surface area (Å²) >= 11 is 0.